The molecule has 0 bridgehead atoms. The monoisotopic (exact) mass is 326 g/mol. The Bertz CT molecular complexity index is 352. The van der Waals surface area contributed by atoms with Crippen LogP contribution in [0.3, 0.4) is 0 Å². The first-order valence-corrected chi connectivity index (χ1v) is 6.93. The second kappa shape index (κ2) is 7.01. The summed E-state index contributed by atoms with van der Waals surface area (Å²) in [5.74, 6) is 0. The van der Waals surface area contributed by atoms with Crippen LogP contribution < -0.4 is 0 Å². The molecule has 10 nitrogen and oxygen atoms in total. The van der Waals surface area contributed by atoms with Crippen LogP contribution in [0.1, 0.15) is 6.92 Å². The van der Waals surface area contributed by atoms with E-state index in [-0.39, 0.29) is 0 Å². The smallest absolute Gasteiger partial charge is 0.187 e. The van der Waals surface area contributed by atoms with Gasteiger partial charge in [0.25, 0.3) is 0 Å². The summed E-state index contributed by atoms with van der Waals surface area (Å²) < 4.78 is 15.3. The fraction of sp³-hybridized carbons (Fsp3) is 1.00. The van der Waals surface area contributed by atoms with E-state index in [0.717, 1.165) is 0 Å². The lowest BCUT2D eigenvalue weighted by Crippen LogP contribution is -2.63. The molecule has 0 aromatic rings. The minimum atomic E-state index is -1.67. The van der Waals surface area contributed by atoms with Crippen molar-refractivity contribution in [1.82, 2.24) is 0 Å². The molecule has 0 spiro atoms. The summed E-state index contributed by atoms with van der Waals surface area (Å²) in [6, 6.07) is 0. The van der Waals surface area contributed by atoms with E-state index in [1.807, 2.05) is 0 Å². The molecule has 10 heteroatoms. The van der Waals surface area contributed by atoms with Crippen LogP contribution >= 0.6 is 0 Å². The van der Waals surface area contributed by atoms with E-state index in [1.165, 1.54) is 6.92 Å². The average Bonchev–Trinajstić information content (AvgIpc) is 2.49. The van der Waals surface area contributed by atoms with Crippen LogP contribution in [0.15, 0.2) is 0 Å². The molecule has 2 fully saturated rings. The van der Waals surface area contributed by atoms with Gasteiger partial charge in [-0.05, 0) is 6.92 Å². The van der Waals surface area contributed by atoms with Gasteiger partial charge in [0.15, 0.2) is 12.6 Å². The maximum atomic E-state index is 9.96. The van der Waals surface area contributed by atoms with E-state index < -0.39 is 68.0 Å². The Morgan fingerprint density at radius 1 is 0.818 bits per heavy atom. The van der Waals surface area contributed by atoms with Gasteiger partial charge in [0, 0.05) is 0 Å². The maximum absolute atomic E-state index is 9.96. The Labute approximate surface area is 126 Å². The van der Waals surface area contributed by atoms with Gasteiger partial charge >= 0.3 is 0 Å². The third-order valence-electron chi connectivity index (χ3n) is 3.94. The third kappa shape index (κ3) is 3.26. The highest BCUT2D eigenvalue weighted by atomic mass is 16.7. The Morgan fingerprint density at radius 2 is 1.45 bits per heavy atom. The van der Waals surface area contributed by atoms with Crippen LogP contribution in [0.4, 0.5) is 0 Å². The second-order valence-corrected chi connectivity index (χ2v) is 5.51. The zero-order valence-electron chi connectivity index (χ0n) is 11.8. The summed E-state index contributed by atoms with van der Waals surface area (Å²) in [5, 5.41) is 67.6. The second-order valence-electron chi connectivity index (χ2n) is 5.51. The highest BCUT2D eigenvalue weighted by Gasteiger charge is 2.49. The molecule has 2 aliphatic rings. The van der Waals surface area contributed by atoms with Gasteiger partial charge < -0.3 is 50.0 Å². The van der Waals surface area contributed by atoms with Crippen molar-refractivity contribution in [1.29, 1.82) is 0 Å². The fourth-order valence-electron chi connectivity index (χ4n) is 2.51. The maximum Gasteiger partial charge on any atom is 0.187 e. The minimum Gasteiger partial charge on any atom is -0.394 e. The van der Waals surface area contributed by atoms with E-state index in [1.54, 1.807) is 0 Å². The van der Waals surface area contributed by atoms with E-state index in [4.69, 9.17) is 19.3 Å². The summed E-state index contributed by atoms with van der Waals surface area (Å²) in [4.78, 5) is 0. The van der Waals surface area contributed by atoms with Crippen molar-refractivity contribution in [3.05, 3.63) is 0 Å². The van der Waals surface area contributed by atoms with Crippen molar-refractivity contribution >= 4 is 0 Å². The van der Waals surface area contributed by atoms with Crippen LogP contribution in [-0.4, -0.2) is 104 Å². The summed E-state index contributed by atoms with van der Waals surface area (Å²) in [7, 11) is 0. The number of hydrogen-bond donors (Lipinski definition) is 7. The number of hydrogen-bond acceptors (Lipinski definition) is 10. The number of rotatable bonds is 3. The van der Waals surface area contributed by atoms with Crippen molar-refractivity contribution in [2.75, 3.05) is 6.61 Å². The molecule has 10 atom stereocenters. The van der Waals surface area contributed by atoms with Crippen molar-refractivity contribution in [3.63, 3.8) is 0 Å². The first-order chi connectivity index (χ1) is 10.3. The molecule has 0 radical (unpaired) electrons. The van der Waals surface area contributed by atoms with Gasteiger partial charge in [0.1, 0.15) is 42.7 Å². The molecule has 2 heterocycles. The van der Waals surface area contributed by atoms with Crippen LogP contribution in [0, 0.1) is 0 Å². The highest BCUT2D eigenvalue weighted by molar-refractivity contribution is 4.92. The van der Waals surface area contributed by atoms with Gasteiger partial charge in [-0.15, -0.1) is 0 Å². The largest absolute Gasteiger partial charge is 0.394 e. The molecule has 7 N–H and O–H groups in total. The molecule has 2 saturated heterocycles. The van der Waals surface area contributed by atoms with E-state index >= 15 is 0 Å². The van der Waals surface area contributed by atoms with Crippen LogP contribution in [-0.2, 0) is 14.2 Å². The molecule has 0 aromatic carbocycles. The molecule has 22 heavy (non-hydrogen) atoms. The lowest BCUT2D eigenvalue weighted by Gasteiger charge is -2.44. The Kier molecular flexibility index (Phi) is 5.72. The topological polar surface area (TPSA) is 169 Å². The Hall–Kier alpha value is -0.400. The van der Waals surface area contributed by atoms with E-state index in [2.05, 4.69) is 0 Å². The van der Waals surface area contributed by atoms with Crippen molar-refractivity contribution < 1.29 is 50.0 Å². The molecular weight excluding hydrogens is 304 g/mol. The van der Waals surface area contributed by atoms with Crippen molar-refractivity contribution in [3.8, 4) is 0 Å². The Balaban J connectivity index is 2.10. The lowest BCUT2D eigenvalue weighted by atomic mass is 9.97. The predicted molar refractivity (Wildman–Crippen MR) is 67.2 cm³/mol. The average molecular weight is 326 g/mol. The van der Waals surface area contributed by atoms with Crippen LogP contribution in [0.5, 0.6) is 0 Å². The summed E-state index contributed by atoms with van der Waals surface area (Å²) in [5.41, 5.74) is 0. The zero-order chi connectivity index (χ0) is 16.6. The zero-order valence-corrected chi connectivity index (χ0v) is 11.8. The van der Waals surface area contributed by atoms with Gasteiger partial charge in [0.2, 0.25) is 0 Å². The van der Waals surface area contributed by atoms with Crippen molar-refractivity contribution in [2.24, 2.45) is 0 Å². The molecule has 130 valence electrons. The quantitative estimate of drug-likeness (QED) is 0.269. The lowest BCUT2D eigenvalue weighted by molar-refractivity contribution is -0.353. The number of ether oxygens (including phenoxy) is 3. The molecule has 0 aliphatic carbocycles. The van der Waals surface area contributed by atoms with Gasteiger partial charge in [-0.25, -0.2) is 0 Å². The van der Waals surface area contributed by atoms with Crippen LogP contribution in [0.2, 0.25) is 0 Å². The van der Waals surface area contributed by atoms with E-state index in [9.17, 15) is 30.6 Å². The van der Waals surface area contributed by atoms with Gasteiger partial charge in [-0.2, -0.15) is 0 Å². The standard InChI is InChI=1S/C12H22O10/c1-3-5(14)10(9(18)11(19)20-3)22-12-8(17)7(16)6(15)4(2-13)21-12/h3-19H,2H2,1H3/t3?,4-,5+,6-,7?,8?,9?,10-,11-,12-/m1/s1. The fourth-order valence-corrected chi connectivity index (χ4v) is 2.51. The molecule has 0 amide bonds. The normalized spacial score (nSPS) is 53.5. The Morgan fingerprint density at radius 3 is 2.05 bits per heavy atom. The first kappa shape index (κ1) is 17.9. The summed E-state index contributed by atoms with van der Waals surface area (Å²) >= 11 is 0. The van der Waals surface area contributed by atoms with Crippen LogP contribution in [0.25, 0.3) is 0 Å². The SMILES string of the molecule is CC1O[C@@H](O)C(O)[C@H](O[C@H]2O[C@H](CO)[C@@H](O)C(O)C2O)[C@H]1O. The molecule has 4 unspecified atom stereocenters. The highest BCUT2D eigenvalue weighted by Crippen LogP contribution is 2.28. The third-order valence-corrected chi connectivity index (χ3v) is 3.94. The molecule has 0 aromatic heterocycles. The number of aliphatic hydroxyl groups excluding tert-OH is 7. The summed E-state index contributed by atoms with van der Waals surface area (Å²) in [6.07, 6.45) is -14.3. The van der Waals surface area contributed by atoms with E-state index in [0.29, 0.717) is 0 Å². The number of aliphatic hydroxyl groups is 7. The predicted octanol–water partition coefficient (Wildman–Crippen LogP) is -4.37. The minimum absolute atomic E-state index is 0.636. The summed E-state index contributed by atoms with van der Waals surface area (Å²) in [6.45, 7) is 0.812. The molecular formula is C12H22O10. The van der Waals surface area contributed by atoms with Gasteiger partial charge in [-0.3, -0.25) is 0 Å². The molecule has 2 rings (SSSR count). The van der Waals surface area contributed by atoms with Gasteiger partial charge in [0.05, 0.1) is 12.7 Å². The van der Waals surface area contributed by atoms with Gasteiger partial charge in [-0.1, -0.05) is 0 Å². The first-order valence-electron chi connectivity index (χ1n) is 6.93. The molecule has 2 aliphatic heterocycles. The molecule has 0 saturated carbocycles. The van der Waals surface area contributed by atoms with Crippen molar-refractivity contribution in [2.45, 2.75) is 68.3 Å².